The maximum absolute atomic E-state index is 15.3. The van der Waals surface area contributed by atoms with Gasteiger partial charge in [-0.25, -0.2) is 9.36 Å². The molecule has 0 radical (unpaired) electrons. The van der Waals surface area contributed by atoms with E-state index < -0.39 is 68.4 Å². The number of fused-ring (bicyclic) bond motifs is 1. The van der Waals surface area contributed by atoms with Crippen molar-refractivity contribution in [1.82, 2.24) is 14.6 Å². The van der Waals surface area contributed by atoms with Crippen molar-refractivity contribution >= 4 is 31.1 Å². The number of aromatic nitrogens is 2. The molecule has 1 fully saturated rings. The van der Waals surface area contributed by atoms with E-state index in [1.165, 1.54) is 25.1 Å². The predicted molar refractivity (Wildman–Crippen MR) is 171 cm³/mol. The van der Waals surface area contributed by atoms with Crippen LogP contribution in [-0.2, 0) is 23.4 Å². The zero-order chi connectivity index (χ0) is 35.5. The van der Waals surface area contributed by atoms with Crippen molar-refractivity contribution in [3.63, 3.8) is 0 Å². The summed E-state index contributed by atoms with van der Waals surface area (Å²) in [5.41, 5.74) is -0.391. The van der Waals surface area contributed by atoms with Crippen molar-refractivity contribution < 1.29 is 51.3 Å². The summed E-state index contributed by atoms with van der Waals surface area (Å²) in [6.07, 6.45) is -6.25. The van der Waals surface area contributed by atoms with E-state index in [4.69, 9.17) is 23.3 Å². The second-order valence-electron chi connectivity index (χ2n) is 11.7. The minimum atomic E-state index is -4.49. The number of aliphatic hydroxyl groups excluding tert-OH is 1. The molecular formula is C31H36F2N5O10P. The van der Waals surface area contributed by atoms with Crippen LogP contribution >= 0.6 is 7.75 Å². The SMILES string of the molecule is CC1COc2ccc(C(=O)Nc3ccn(C4O[C@H](COP(=O)(N[C@H](C)C(=O)OC(C)C)Oc5ccccc5)[C@@H](O)C4(F)F)c(=O)n3)cc2N1. The fourth-order valence-corrected chi connectivity index (χ4v) is 6.40. The second kappa shape index (κ2) is 14.6. The number of hydrogen-bond donors (Lipinski definition) is 4. The van der Waals surface area contributed by atoms with Crippen LogP contribution in [0.1, 0.15) is 44.3 Å². The lowest BCUT2D eigenvalue weighted by atomic mass is 10.1. The number of esters is 1. The topological polar surface area (TPSA) is 189 Å². The molecule has 5 rings (SSSR count). The summed E-state index contributed by atoms with van der Waals surface area (Å²) in [6, 6.07) is 12.3. The first-order valence-electron chi connectivity index (χ1n) is 15.3. The summed E-state index contributed by atoms with van der Waals surface area (Å²) < 4.78 is 71.8. The number of anilines is 2. The number of carbonyl (C=O) groups is 2. The number of amides is 1. The molecule has 264 valence electrons. The molecule has 0 bridgehead atoms. The Morgan fingerprint density at radius 3 is 2.61 bits per heavy atom. The number of halogens is 2. The number of ether oxygens (including phenoxy) is 3. The van der Waals surface area contributed by atoms with E-state index in [1.54, 1.807) is 44.2 Å². The molecule has 0 aliphatic carbocycles. The molecule has 3 heterocycles. The number of nitrogens with zero attached hydrogens (tertiary/aromatic N) is 2. The number of hydrogen-bond acceptors (Lipinski definition) is 12. The molecule has 0 spiro atoms. The fourth-order valence-electron chi connectivity index (χ4n) is 4.89. The number of nitrogens with one attached hydrogen (secondary N) is 3. The standard InChI is InChI=1S/C31H36F2N5O10P/c1-17(2)46-28(41)19(4)37-49(43,48-21-8-6-5-7-9-21)45-16-24-26(39)31(32,33)29(47-24)38-13-12-25(36-30(38)42)35-27(40)20-10-11-23-22(14-20)34-18(3)15-44-23/h5-14,17-19,24,26,29,34,39H,15-16H2,1-4H3,(H,37,43)(H,35,36,40,42)/t18?,19-,24-,26-,29?,49?/m1/s1. The number of aliphatic hydroxyl groups is 1. The molecule has 2 aromatic carbocycles. The molecular weight excluding hydrogens is 671 g/mol. The second-order valence-corrected chi connectivity index (χ2v) is 13.4. The highest BCUT2D eigenvalue weighted by molar-refractivity contribution is 7.52. The highest BCUT2D eigenvalue weighted by atomic mass is 31.2. The van der Waals surface area contributed by atoms with Gasteiger partial charge in [-0.3, -0.25) is 18.7 Å². The average molecular weight is 708 g/mol. The average Bonchev–Trinajstić information content (AvgIpc) is 3.27. The molecule has 4 N–H and O–H groups in total. The van der Waals surface area contributed by atoms with Crippen molar-refractivity contribution in [3.8, 4) is 11.5 Å². The van der Waals surface area contributed by atoms with Gasteiger partial charge < -0.3 is 34.5 Å². The Morgan fingerprint density at radius 1 is 1.18 bits per heavy atom. The maximum Gasteiger partial charge on any atom is 0.459 e. The van der Waals surface area contributed by atoms with Crippen LogP contribution in [0.2, 0.25) is 0 Å². The van der Waals surface area contributed by atoms with E-state index in [0.29, 0.717) is 22.6 Å². The third-order valence-corrected chi connectivity index (χ3v) is 8.91. The summed E-state index contributed by atoms with van der Waals surface area (Å²) in [6.45, 7) is 6.03. The zero-order valence-corrected chi connectivity index (χ0v) is 27.8. The Morgan fingerprint density at radius 2 is 1.92 bits per heavy atom. The lowest BCUT2D eigenvalue weighted by Crippen LogP contribution is -2.42. The molecule has 1 amide bonds. The lowest BCUT2D eigenvalue weighted by Gasteiger charge is -2.25. The smallest absolute Gasteiger partial charge is 0.459 e. The highest BCUT2D eigenvalue weighted by Crippen LogP contribution is 2.48. The molecule has 1 aromatic heterocycles. The van der Waals surface area contributed by atoms with Crippen LogP contribution in [0.5, 0.6) is 11.5 Å². The highest BCUT2D eigenvalue weighted by Gasteiger charge is 2.60. The van der Waals surface area contributed by atoms with Crippen LogP contribution < -0.4 is 30.7 Å². The van der Waals surface area contributed by atoms with Crippen molar-refractivity contribution in [3.05, 3.63) is 76.8 Å². The van der Waals surface area contributed by atoms with Gasteiger partial charge in [0.2, 0.25) is 6.23 Å². The number of carbonyl (C=O) groups excluding carboxylic acids is 2. The first-order valence-corrected chi connectivity index (χ1v) is 16.8. The van der Waals surface area contributed by atoms with Crippen LogP contribution in [0, 0.1) is 0 Å². The van der Waals surface area contributed by atoms with Gasteiger partial charge in [-0.1, -0.05) is 18.2 Å². The Bertz CT molecular complexity index is 1780. The third-order valence-electron chi connectivity index (χ3n) is 7.27. The van der Waals surface area contributed by atoms with Gasteiger partial charge in [0, 0.05) is 11.8 Å². The molecule has 0 saturated carbocycles. The van der Waals surface area contributed by atoms with E-state index in [0.717, 1.165) is 12.3 Å². The molecule has 18 heteroatoms. The molecule has 2 aliphatic heterocycles. The van der Waals surface area contributed by atoms with Crippen molar-refractivity contribution in [2.24, 2.45) is 0 Å². The molecule has 15 nitrogen and oxygen atoms in total. The number of alkyl halides is 2. The Kier molecular flexibility index (Phi) is 10.7. The van der Waals surface area contributed by atoms with Crippen LogP contribution in [0.3, 0.4) is 0 Å². The van der Waals surface area contributed by atoms with Crippen molar-refractivity contribution in [2.45, 2.75) is 70.2 Å². The van der Waals surface area contributed by atoms with Crippen LogP contribution in [0.25, 0.3) is 0 Å². The first-order chi connectivity index (χ1) is 23.1. The number of benzene rings is 2. The molecule has 6 atom stereocenters. The molecule has 3 aromatic rings. The van der Waals surface area contributed by atoms with E-state index >= 15 is 8.78 Å². The van der Waals surface area contributed by atoms with E-state index in [2.05, 4.69) is 20.7 Å². The summed E-state index contributed by atoms with van der Waals surface area (Å²) in [5, 5.41) is 18.6. The fraction of sp³-hybridized carbons (Fsp3) is 0.419. The van der Waals surface area contributed by atoms with Crippen LogP contribution in [0.15, 0.2) is 65.6 Å². The molecule has 3 unspecified atom stereocenters. The molecule has 2 aliphatic rings. The van der Waals surface area contributed by atoms with Crippen LogP contribution in [0.4, 0.5) is 20.3 Å². The predicted octanol–water partition coefficient (Wildman–Crippen LogP) is 3.72. The lowest BCUT2D eigenvalue weighted by molar-refractivity contribution is -0.149. The maximum atomic E-state index is 15.3. The summed E-state index contributed by atoms with van der Waals surface area (Å²) in [4.78, 5) is 41.8. The summed E-state index contributed by atoms with van der Waals surface area (Å²) in [5.74, 6) is -5.04. The van der Waals surface area contributed by atoms with Crippen molar-refractivity contribution in [2.75, 3.05) is 23.8 Å². The van der Waals surface area contributed by atoms with E-state index in [9.17, 15) is 24.1 Å². The quantitative estimate of drug-likeness (QED) is 0.158. The van der Waals surface area contributed by atoms with Gasteiger partial charge in [-0.15, -0.1) is 0 Å². The van der Waals surface area contributed by atoms with E-state index in [1.807, 2.05) is 6.92 Å². The first kappa shape index (κ1) is 35.9. The van der Waals surface area contributed by atoms with Gasteiger partial charge in [0.05, 0.1) is 24.4 Å². The number of para-hydroxylation sites is 1. The summed E-state index contributed by atoms with van der Waals surface area (Å²) >= 11 is 0. The van der Waals surface area contributed by atoms with Gasteiger partial charge in [-0.2, -0.15) is 18.9 Å². The van der Waals surface area contributed by atoms with Gasteiger partial charge in [0.1, 0.15) is 36.1 Å². The Labute approximate surface area is 279 Å². The summed E-state index contributed by atoms with van der Waals surface area (Å²) in [7, 11) is -4.49. The molecule has 1 saturated heterocycles. The normalized spacial score (nSPS) is 22.9. The Hall–Kier alpha value is -4.41. The monoisotopic (exact) mass is 707 g/mol. The number of rotatable bonds is 12. The van der Waals surface area contributed by atoms with Crippen LogP contribution in [-0.4, -0.2) is 76.1 Å². The minimum absolute atomic E-state index is 0.0218. The van der Waals surface area contributed by atoms with Crippen molar-refractivity contribution in [1.29, 1.82) is 0 Å². The zero-order valence-electron chi connectivity index (χ0n) is 26.9. The third kappa shape index (κ3) is 8.43. The molecule has 49 heavy (non-hydrogen) atoms. The largest absolute Gasteiger partial charge is 0.489 e. The minimum Gasteiger partial charge on any atom is -0.489 e. The van der Waals surface area contributed by atoms with Gasteiger partial charge in [0.15, 0.2) is 6.10 Å². The Balaban J connectivity index is 1.28. The van der Waals surface area contributed by atoms with Gasteiger partial charge in [-0.05, 0) is 64.1 Å². The van der Waals surface area contributed by atoms with Gasteiger partial charge >= 0.3 is 25.3 Å². The van der Waals surface area contributed by atoms with E-state index in [-0.39, 0.29) is 23.2 Å². The van der Waals surface area contributed by atoms with Gasteiger partial charge in [0.25, 0.3) is 5.91 Å².